The molecular formula is C9H6N4O. The van der Waals surface area contributed by atoms with E-state index in [1.54, 1.807) is 30.7 Å². The average Bonchev–Trinajstić information content (AvgIpc) is 2.30. The number of rotatable bonds is 2. The first-order valence-corrected chi connectivity index (χ1v) is 3.95. The van der Waals surface area contributed by atoms with Crippen LogP contribution in [-0.2, 0) is 0 Å². The summed E-state index contributed by atoms with van der Waals surface area (Å²) in [5, 5.41) is 10.7. The molecule has 2 heterocycles. The van der Waals surface area contributed by atoms with Gasteiger partial charge in [0.1, 0.15) is 6.29 Å². The van der Waals surface area contributed by atoms with Crippen molar-refractivity contribution in [3.8, 4) is 11.3 Å². The van der Waals surface area contributed by atoms with E-state index in [4.69, 9.17) is 0 Å². The molecule has 0 aliphatic rings. The van der Waals surface area contributed by atoms with Crippen LogP contribution in [0.25, 0.3) is 11.3 Å². The molecule has 0 saturated heterocycles. The quantitative estimate of drug-likeness (QED) is 0.647. The zero-order valence-corrected chi connectivity index (χ0v) is 7.16. The molecule has 0 radical (unpaired) electrons. The fourth-order valence-electron chi connectivity index (χ4n) is 1.05. The van der Waals surface area contributed by atoms with Crippen molar-refractivity contribution in [2.45, 2.75) is 0 Å². The Balaban J connectivity index is 2.47. The molecule has 0 aromatic carbocycles. The second kappa shape index (κ2) is 3.69. The number of hydrogen-bond acceptors (Lipinski definition) is 5. The minimum Gasteiger partial charge on any atom is -0.298 e. The van der Waals surface area contributed by atoms with Crippen molar-refractivity contribution >= 4 is 6.29 Å². The first-order valence-electron chi connectivity index (χ1n) is 3.95. The van der Waals surface area contributed by atoms with Crippen LogP contribution in [0.1, 0.15) is 10.4 Å². The summed E-state index contributed by atoms with van der Waals surface area (Å²) in [5.74, 6) is 0. The zero-order valence-electron chi connectivity index (χ0n) is 7.16. The van der Waals surface area contributed by atoms with E-state index in [1.807, 2.05) is 0 Å². The molecule has 0 amide bonds. The predicted octanol–water partition coefficient (Wildman–Crippen LogP) is 0.746. The second-order valence-electron chi connectivity index (χ2n) is 2.63. The van der Waals surface area contributed by atoms with Gasteiger partial charge in [-0.2, -0.15) is 0 Å². The van der Waals surface area contributed by atoms with Crippen molar-refractivity contribution in [3.05, 3.63) is 36.3 Å². The highest BCUT2D eigenvalue weighted by Gasteiger charge is 2.00. The van der Waals surface area contributed by atoms with Crippen molar-refractivity contribution in [3.63, 3.8) is 0 Å². The van der Waals surface area contributed by atoms with E-state index in [2.05, 4.69) is 20.4 Å². The van der Waals surface area contributed by atoms with Crippen molar-refractivity contribution in [1.82, 2.24) is 20.4 Å². The molecule has 2 rings (SSSR count). The molecule has 5 heteroatoms. The van der Waals surface area contributed by atoms with Crippen LogP contribution in [-0.4, -0.2) is 26.7 Å². The predicted molar refractivity (Wildman–Crippen MR) is 48.4 cm³/mol. The van der Waals surface area contributed by atoms with Gasteiger partial charge in [-0.1, -0.05) is 0 Å². The molecule has 0 spiro atoms. The lowest BCUT2D eigenvalue weighted by atomic mass is 10.2. The van der Waals surface area contributed by atoms with Crippen LogP contribution >= 0.6 is 0 Å². The third-order valence-corrected chi connectivity index (χ3v) is 1.71. The largest absolute Gasteiger partial charge is 0.298 e. The second-order valence-corrected chi connectivity index (χ2v) is 2.63. The van der Waals surface area contributed by atoms with Crippen LogP contribution in [0.3, 0.4) is 0 Å². The van der Waals surface area contributed by atoms with E-state index in [0.717, 1.165) is 11.8 Å². The molecule has 2 aromatic heterocycles. The number of carbonyl (C=O) groups is 1. The molecule has 14 heavy (non-hydrogen) atoms. The highest BCUT2D eigenvalue weighted by molar-refractivity contribution is 5.77. The molecule has 68 valence electrons. The number of aldehydes is 1. The summed E-state index contributed by atoms with van der Waals surface area (Å²) in [6, 6.07) is 3.31. The summed E-state index contributed by atoms with van der Waals surface area (Å²) in [6.45, 7) is 0. The third kappa shape index (κ3) is 1.61. The molecule has 0 fully saturated rings. The summed E-state index contributed by atoms with van der Waals surface area (Å²) in [5.41, 5.74) is 1.98. The smallest absolute Gasteiger partial charge is 0.150 e. The Kier molecular flexibility index (Phi) is 2.22. The molecule has 5 nitrogen and oxygen atoms in total. The van der Waals surface area contributed by atoms with E-state index < -0.39 is 0 Å². The molecule has 0 bridgehead atoms. The van der Waals surface area contributed by atoms with Gasteiger partial charge in [-0.15, -0.1) is 10.2 Å². The maximum absolute atomic E-state index is 10.5. The molecule has 0 atom stereocenters. The fourth-order valence-corrected chi connectivity index (χ4v) is 1.05. The highest BCUT2D eigenvalue weighted by atomic mass is 16.1. The molecule has 0 aliphatic carbocycles. The zero-order chi connectivity index (χ0) is 9.80. The van der Waals surface area contributed by atoms with Crippen LogP contribution in [0.4, 0.5) is 0 Å². The summed E-state index contributed by atoms with van der Waals surface area (Å²) >= 11 is 0. The molecule has 0 N–H and O–H groups in total. The Morgan fingerprint density at radius 1 is 1.21 bits per heavy atom. The topological polar surface area (TPSA) is 68.6 Å². The molecule has 0 unspecified atom stereocenters. The molecular weight excluding hydrogens is 180 g/mol. The highest BCUT2D eigenvalue weighted by Crippen LogP contribution is 2.13. The third-order valence-electron chi connectivity index (χ3n) is 1.71. The number of aromatic nitrogens is 4. The van der Waals surface area contributed by atoms with Gasteiger partial charge >= 0.3 is 0 Å². The summed E-state index contributed by atoms with van der Waals surface area (Å²) in [4.78, 5) is 14.6. The van der Waals surface area contributed by atoms with E-state index in [-0.39, 0.29) is 0 Å². The van der Waals surface area contributed by atoms with Crippen LogP contribution in [0, 0.1) is 0 Å². The minimum absolute atomic E-state index is 0.576. The van der Waals surface area contributed by atoms with Gasteiger partial charge in [0, 0.05) is 17.3 Å². The summed E-state index contributed by atoms with van der Waals surface area (Å²) < 4.78 is 0. The maximum Gasteiger partial charge on any atom is 0.150 e. The Labute approximate surface area is 79.8 Å². The number of pyridine rings is 1. The molecule has 2 aromatic rings. The standard InChI is InChI=1S/C9H6N4O/c14-6-7-1-2-10-9(3-7)8-4-11-13-12-5-8/h1-6H. The monoisotopic (exact) mass is 186 g/mol. The van der Waals surface area contributed by atoms with E-state index >= 15 is 0 Å². The summed E-state index contributed by atoms with van der Waals surface area (Å²) in [7, 11) is 0. The van der Waals surface area contributed by atoms with Gasteiger partial charge in [0.05, 0.1) is 18.1 Å². The van der Waals surface area contributed by atoms with Crippen LogP contribution in [0.15, 0.2) is 30.7 Å². The van der Waals surface area contributed by atoms with Crippen molar-refractivity contribution in [2.24, 2.45) is 0 Å². The first-order chi connectivity index (χ1) is 6.90. The van der Waals surface area contributed by atoms with Gasteiger partial charge in [0.25, 0.3) is 0 Å². The van der Waals surface area contributed by atoms with Gasteiger partial charge < -0.3 is 0 Å². The van der Waals surface area contributed by atoms with Crippen molar-refractivity contribution in [2.75, 3.05) is 0 Å². The number of hydrogen-bond donors (Lipinski definition) is 0. The molecule has 0 aliphatic heterocycles. The van der Waals surface area contributed by atoms with Gasteiger partial charge in [-0.3, -0.25) is 9.78 Å². The van der Waals surface area contributed by atoms with Gasteiger partial charge in [0.15, 0.2) is 0 Å². The van der Waals surface area contributed by atoms with Crippen LogP contribution in [0.2, 0.25) is 0 Å². The SMILES string of the molecule is O=Cc1ccnc(-c2cnnnc2)c1. The Bertz CT molecular complexity index is 444. The fraction of sp³-hybridized carbons (Fsp3) is 0. The lowest BCUT2D eigenvalue weighted by Gasteiger charge is -1.98. The number of carbonyl (C=O) groups excluding carboxylic acids is 1. The van der Waals surface area contributed by atoms with E-state index in [9.17, 15) is 4.79 Å². The van der Waals surface area contributed by atoms with Crippen molar-refractivity contribution in [1.29, 1.82) is 0 Å². The Morgan fingerprint density at radius 3 is 2.71 bits per heavy atom. The lowest BCUT2D eigenvalue weighted by molar-refractivity contribution is 0.112. The van der Waals surface area contributed by atoms with E-state index in [1.165, 1.54) is 0 Å². The Hall–Kier alpha value is -2.17. The van der Waals surface area contributed by atoms with Gasteiger partial charge in [-0.25, -0.2) is 0 Å². The maximum atomic E-state index is 10.5. The number of nitrogens with zero attached hydrogens (tertiary/aromatic N) is 4. The van der Waals surface area contributed by atoms with E-state index in [0.29, 0.717) is 11.3 Å². The van der Waals surface area contributed by atoms with Crippen LogP contribution < -0.4 is 0 Å². The average molecular weight is 186 g/mol. The van der Waals surface area contributed by atoms with Gasteiger partial charge in [-0.05, 0) is 17.3 Å². The first kappa shape index (κ1) is 8.43. The van der Waals surface area contributed by atoms with Crippen molar-refractivity contribution < 1.29 is 4.79 Å². The van der Waals surface area contributed by atoms with Crippen LogP contribution in [0.5, 0.6) is 0 Å². The minimum atomic E-state index is 0.576. The van der Waals surface area contributed by atoms with Gasteiger partial charge in [0.2, 0.25) is 0 Å². The lowest BCUT2D eigenvalue weighted by Crippen LogP contribution is -1.90. The molecule has 0 saturated carbocycles. The summed E-state index contributed by atoms with van der Waals surface area (Å²) in [6.07, 6.45) is 5.43. The normalized spacial score (nSPS) is 9.71. The Morgan fingerprint density at radius 2 is 2.00 bits per heavy atom.